The van der Waals surface area contributed by atoms with Gasteiger partial charge in [0.1, 0.15) is 5.75 Å². The highest BCUT2D eigenvalue weighted by Crippen LogP contribution is 2.34. The number of hydrogen-bond acceptors (Lipinski definition) is 1. The van der Waals surface area contributed by atoms with Crippen LogP contribution in [0.25, 0.3) is 0 Å². The lowest BCUT2D eigenvalue weighted by Gasteiger charge is -2.22. The third-order valence-corrected chi connectivity index (χ3v) is 8.01. The first kappa shape index (κ1) is 28.4. The molecule has 5 aromatic rings. The summed E-state index contributed by atoms with van der Waals surface area (Å²) < 4.78 is 0. The van der Waals surface area contributed by atoms with Crippen molar-refractivity contribution in [2.75, 3.05) is 0 Å². The van der Waals surface area contributed by atoms with E-state index in [1.165, 1.54) is 44.5 Å². The van der Waals surface area contributed by atoms with Crippen LogP contribution in [-0.4, -0.2) is 5.11 Å². The maximum atomic E-state index is 10.5. The van der Waals surface area contributed by atoms with Crippen molar-refractivity contribution in [2.24, 2.45) is 0 Å². The lowest BCUT2D eigenvalue weighted by molar-refractivity contribution is 0.442. The van der Waals surface area contributed by atoms with Crippen molar-refractivity contribution in [3.05, 3.63) is 171 Å². The van der Waals surface area contributed by atoms with Gasteiger partial charge in [0.15, 0.2) is 0 Å². The molecule has 208 valence electrons. The topological polar surface area (TPSA) is 20.2 Å². The first-order chi connectivity index (χ1) is 19.7. The molecule has 0 aliphatic carbocycles. The van der Waals surface area contributed by atoms with Gasteiger partial charge in [-0.25, -0.2) is 0 Å². The summed E-state index contributed by atoms with van der Waals surface area (Å²) in [6.07, 6.45) is 4.85. The molecule has 0 unspecified atom stereocenters. The molecule has 0 aromatic heterocycles. The Kier molecular flexibility index (Phi) is 8.74. The predicted molar refractivity (Wildman–Crippen MR) is 173 cm³/mol. The second-order valence-corrected chi connectivity index (χ2v) is 12.5. The van der Waals surface area contributed by atoms with Crippen molar-refractivity contribution >= 4 is 0 Å². The number of phenolic OH excluding ortho intramolecular Hbond substituents is 1. The molecule has 0 fully saturated rings. The maximum Gasteiger partial charge on any atom is 0.122 e. The van der Waals surface area contributed by atoms with Crippen LogP contribution in [0.5, 0.6) is 5.75 Å². The van der Waals surface area contributed by atoms with E-state index < -0.39 is 0 Å². The van der Waals surface area contributed by atoms with Gasteiger partial charge in [0.05, 0.1) is 0 Å². The van der Waals surface area contributed by atoms with E-state index in [0.717, 1.165) is 43.2 Å². The van der Waals surface area contributed by atoms with Crippen molar-refractivity contribution in [2.45, 2.75) is 65.2 Å². The first-order valence-electron chi connectivity index (χ1n) is 14.8. The first-order valence-corrected chi connectivity index (χ1v) is 14.8. The van der Waals surface area contributed by atoms with Gasteiger partial charge in [0, 0.05) is 0 Å². The van der Waals surface area contributed by atoms with E-state index >= 15 is 0 Å². The number of phenols is 1. The number of aromatic hydroxyl groups is 1. The molecule has 0 saturated heterocycles. The molecule has 0 atom stereocenters. The molecule has 0 radical (unpaired) electrons. The fraction of sp³-hybridized carbons (Fsp3) is 0.250. The summed E-state index contributed by atoms with van der Waals surface area (Å²) in [5, 5.41) is 10.5. The van der Waals surface area contributed by atoms with Gasteiger partial charge in [-0.2, -0.15) is 0 Å². The SMILES string of the molecule is Cc1cc(CCc2ccc(Cc3ccc(Cc4ccc(Cc5ccccc5)cc4)cc3)cc2)cc(C(C)(C)C)c1O. The largest absolute Gasteiger partial charge is 0.507 e. The highest BCUT2D eigenvalue weighted by molar-refractivity contribution is 5.46. The summed E-state index contributed by atoms with van der Waals surface area (Å²) in [4.78, 5) is 0. The van der Waals surface area contributed by atoms with Crippen molar-refractivity contribution in [3.63, 3.8) is 0 Å². The van der Waals surface area contributed by atoms with Crippen LogP contribution in [0.1, 0.15) is 76.4 Å². The predicted octanol–water partition coefficient (Wildman–Crippen LogP) is 9.56. The highest BCUT2D eigenvalue weighted by Gasteiger charge is 2.20. The molecule has 0 amide bonds. The van der Waals surface area contributed by atoms with Gasteiger partial charge in [0.2, 0.25) is 0 Å². The molecule has 0 spiro atoms. The van der Waals surface area contributed by atoms with E-state index in [2.05, 4.69) is 136 Å². The quantitative estimate of drug-likeness (QED) is 0.198. The molecule has 0 aliphatic rings. The Hall–Kier alpha value is -4.10. The highest BCUT2D eigenvalue weighted by atomic mass is 16.3. The van der Waals surface area contributed by atoms with E-state index in [1.54, 1.807) is 0 Å². The minimum atomic E-state index is -0.0705. The molecule has 1 nitrogen and oxygen atoms in total. The summed E-state index contributed by atoms with van der Waals surface area (Å²) in [5.74, 6) is 0.437. The fourth-order valence-corrected chi connectivity index (χ4v) is 5.54. The van der Waals surface area contributed by atoms with Gasteiger partial charge in [-0.3, -0.25) is 0 Å². The number of hydrogen-bond donors (Lipinski definition) is 1. The van der Waals surface area contributed by atoms with Crippen LogP contribution in [0.2, 0.25) is 0 Å². The van der Waals surface area contributed by atoms with Crippen molar-refractivity contribution in [1.82, 2.24) is 0 Å². The summed E-state index contributed by atoms with van der Waals surface area (Å²) in [7, 11) is 0. The Morgan fingerprint density at radius 3 is 1.24 bits per heavy atom. The van der Waals surface area contributed by atoms with Crippen molar-refractivity contribution in [1.29, 1.82) is 0 Å². The third-order valence-electron chi connectivity index (χ3n) is 8.01. The van der Waals surface area contributed by atoms with Crippen LogP contribution in [0.15, 0.2) is 115 Å². The van der Waals surface area contributed by atoms with Crippen LogP contribution in [0.4, 0.5) is 0 Å². The summed E-state index contributed by atoms with van der Waals surface area (Å²) in [6, 6.07) is 42.2. The molecule has 0 saturated carbocycles. The lowest BCUT2D eigenvalue weighted by Crippen LogP contribution is -2.12. The molecule has 0 aliphatic heterocycles. The lowest BCUT2D eigenvalue weighted by atomic mass is 9.83. The molecule has 1 heteroatoms. The van der Waals surface area contributed by atoms with Crippen LogP contribution in [-0.2, 0) is 37.5 Å². The molecule has 0 heterocycles. The van der Waals surface area contributed by atoms with Gasteiger partial charge in [0.25, 0.3) is 0 Å². The van der Waals surface area contributed by atoms with Gasteiger partial charge >= 0.3 is 0 Å². The monoisotopic (exact) mass is 538 g/mol. The average Bonchev–Trinajstić information content (AvgIpc) is 2.96. The second kappa shape index (κ2) is 12.6. The number of rotatable bonds is 9. The maximum absolute atomic E-state index is 10.5. The van der Waals surface area contributed by atoms with E-state index in [4.69, 9.17) is 0 Å². The Morgan fingerprint density at radius 1 is 0.463 bits per heavy atom. The summed E-state index contributed by atoms with van der Waals surface area (Å²) in [5.41, 5.74) is 12.6. The average molecular weight is 539 g/mol. The Labute approximate surface area is 246 Å². The normalized spacial score (nSPS) is 11.5. The number of aryl methyl sites for hydroxylation is 3. The molecule has 1 N–H and O–H groups in total. The minimum Gasteiger partial charge on any atom is -0.507 e. The number of benzene rings is 5. The van der Waals surface area contributed by atoms with E-state index in [1.807, 2.05) is 6.92 Å². The minimum absolute atomic E-state index is 0.0705. The zero-order valence-corrected chi connectivity index (χ0v) is 25.0. The van der Waals surface area contributed by atoms with E-state index in [9.17, 15) is 5.11 Å². The Morgan fingerprint density at radius 2 is 0.829 bits per heavy atom. The summed E-state index contributed by atoms with van der Waals surface area (Å²) >= 11 is 0. The fourth-order valence-electron chi connectivity index (χ4n) is 5.54. The zero-order valence-electron chi connectivity index (χ0n) is 25.0. The molecular weight excluding hydrogens is 496 g/mol. The zero-order chi connectivity index (χ0) is 28.8. The molecular formula is C40H42O. The van der Waals surface area contributed by atoms with E-state index in [0.29, 0.717) is 5.75 Å². The smallest absolute Gasteiger partial charge is 0.122 e. The van der Waals surface area contributed by atoms with Gasteiger partial charge < -0.3 is 5.11 Å². The Balaban J connectivity index is 1.13. The van der Waals surface area contributed by atoms with Gasteiger partial charge in [-0.15, -0.1) is 0 Å². The van der Waals surface area contributed by atoms with Crippen LogP contribution in [0.3, 0.4) is 0 Å². The molecule has 5 rings (SSSR count). The van der Waals surface area contributed by atoms with Crippen molar-refractivity contribution in [3.8, 4) is 5.75 Å². The molecule has 41 heavy (non-hydrogen) atoms. The third kappa shape index (κ3) is 7.76. The van der Waals surface area contributed by atoms with Gasteiger partial charge in [-0.05, 0) is 100 Å². The van der Waals surface area contributed by atoms with Crippen LogP contribution in [0, 0.1) is 6.92 Å². The van der Waals surface area contributed by atoms with Crippen LogP contribution < -0.4 is 0 Å². The molecule has 5 aromatic carbocycles. The van der Waals surface area contributed by atoms with Gasteiger partial charge in [-0.1, -0.05) is 136 Å². The Bertz CT molecular complexity index is 1550. The van der Waals surface area contributed by atoms with Crippen molar-refractivity contribution < 1.29 is 5.11 Å². The van der Waals surface area contributed by atoms with Crippen LogP contribution >= 0.6 is 0 Å². The second-order valence-electron chi connectivity index (χ2n) is 12.5. The molecule has 0 bridgehead atoms. The van der Waals surface area contributed by atoms with E-state index in [-0.39, 0.29) is 5.41 Å². The summed E-state index contributed by atoms with van der Waals surface area (Å²) in [6.45, 7) is 8.47. The standard InChI is InChI=1S/C40H42O/c1-29-24-37(28-38(39(29)41)40(2,3)4)23-12-30-10-13-32(14-11-30)26-34-19-21-36(22-20-34)27-35-17-15-33(16-18-35)25-31-8-6-5-7-9-31/h5-11,13-22,24,28,41H,12,23,25-27H2,1-4H3.